The van der Waals surface area contributed by atoms with Gasteiger partial charge in [-0.25, -0.2) is 10.4 Å². The smallest absolute Gasteiger partial charge is 0.266 e. The van der Waals surface area contributed by atoms with Gasteiger partial charge in [-0.3, -0.25) is 14.2 Å². The molecular formula is C24H20N4O4S. The molecule has 0 bridgehead atoms. The molecule has 0 saturated carbocycles. The number of hydrogen-bond donors (Lipinski definition) is 2. The van der Waals surface area contributed by atoms with Crippen LogP contribution in [0.1, 0.15) is 5.56 Å². The molecule has 0 saturated heterocycles. The Morgan fingerprint density at radius 1 is 1.15 bits per heavy atom. The van der Waals surface area contributed by atoms with Gasteiger partial charge in [-0.05, 0) is 54.1 Å². The number of phenolic OH excluding ortho intramolecular Hbond substituents is 1. The molecule has 0 unspecified atom stereocenters. The maximum absolute atomic E-state index is 13.2. The molecule has 0 aliphatic heterocycles. The maximum Gasteiger partial charge on any atom is 0.266 e. The molecule has 8 nitrogen and oxygen atoms in total. The molecular weight excluding hydrogens is 440 g/mol. The second kappa shape index (κ2) is 10.0. The lowest BCUT2D eigenvalue weighted by atomic mass is 10.2. The summed E-state index contributed by atoms with van der Waals surface area (Å²) in [7, 11) is 1.57. The molecule has 0 atom stereocenters. The number of thioether (sulfide) groups is 1. The lowest BCUT2D eigenvalue weighted by Crippen LogP contribution is -2.24. The van der Waals surface area contributed by atoms with Crippen molar-refractivity contribution in [1.82, 2.24) is 15.0 Å². The summed E-state index contributed by atoms with van der Waals surface area (Å²) in [5.74, 6) is 0.414. The zero-order valence-electron chi connectivity index (χ0n) is 17.6. The number of amides is 1. The Morgan fingerprint density at radius 2 is 1.94 bits per heavy atom. The first-order chi connectivity index (χ1) is 16.0. The van der Waals surface area contributed by atoms with Crippen LogP contribution in [0.25, 0.3) is 16.6 Å². The summed E-state index contributed by atoms with van der Waals surface area (Å²) in [5.41, 5.74) is 4.03. The minimum atomic E-state index is -0.361. The summed E-state index contributed by atoms with van der Waals surface area (Å²) in [4.78, 5) is 30.2. The van der Waals surface area contributed by atoms with Gasteiger partial charge in [-0.15, -0.1) is 0 Å². The minimum absolute atomic E-state index is 0.00167. The average molecular weight is 461 g/mol. The van der Waals surface area contributed by atoms with Gasteiger partial charge in [0.2, 0.25) is 0 Å². The summed E-state index contributed by atoms with van der Waals surface area (Å²) in [6.45, 7) is 0. The fraction of sp³-hybridized carbons (Fsp3) is 0.0833. The van der Waals surface area contributed by atoms with Gasteiger partial charge >= 0.3 is 0 Å². The predicted octanol–water partition coefficient (Wildman–Crippen LogP) is 3.34. The highest BCUT2D eigenvalue weighted by molar-refractivity contribution is 7.99. The van der Waals surface area contributed by atoms with E-state index in [9.17, 15) is 14.7 Å². The molecule has 1 heterocycles. The third kappa shape index (κ3) is 5.21. The number of hydrazone groups is 1. The number of benzene rings is 3. The molecule has 0 aliphatic rings. The summed E-state index contributed by atoms with van der Waals surface area (Å²) in [6.07, 6.45) is 1.43. The molecule has 0 spiro atoms. The number of ether oxygens (including phenoxy) is 1. The molecule has 166 valence electrons. The molecule has 33 heavy (non-hydrogen) atoms. The number of phenols is 1. The largest absolute Gasteiger partial charge is 0.508 e. The van der Waals surface area contributed by atoms with Crippen LogP contribution in [-0.2, 0) is 4.79 Å². The molecule has 4 rings (SSSR count). The Kier molecular flexibility index (Phi) is 6.70. The number of aromatic hydroxyl groups is 1. The van der Waals surface area contributed by atoms with E-state index in [2.05, 4.69) is 15.5 Å². The van der Waals surface area contributed by atoms with Crippen molar-refractivity contribution in [3.63, 3.8) is 0 Å². The molecule has 9 heteroatoms. The quantitative estimate of drug-likeness (QED) is 0.190. The summed E-state index contributed by atoms with van der Waals surface area (Å²) in [6, 6.07) is 20.6. The number of carbonyl (C=O) groups is 1. The first-order valence-electron chi connectivity index (χ1n) is 9.95. The number of fused-ring (bicyclic) bond motifs is 1. The predicted molar refractivity (Wildman–Crippen MR) is 128 cm³/mol. The van der Waals surface area contributed by atoms with E-state index in [1.165, 1.54) is 16.8 Å². The van der Waals surface area contributed by atoms with Crippen LogP contribution in [0.2, 0.25) is 0 Å². The van der Waals surface area contributed by atoms with Crippen LogP contribution >= 0.6 is 11.8 Å². The van der Waals surface area contributed by atoms with Gasteiger partial charge in [0.15, 0.2) is 5.16 Å². The third-order valence-corrected chi connectivity index (χ3v) is 5.62. The van der Waals surface area contributed by atoms with E-state index in [1.54, 1.807) is 67.8 Å². The van der Waals surface area contributed by atoms with E-state index in [0.717, 1.165) is 11.8 Å². The molecule has 3 aromatic carbocycles. The van der Waals surface area contributed by atoms with E-state index < -0.39 is 0 Å². The second-order valence-corrected chi connectivity index (χ2v) is 7.87. The number of nitrogens with one attached hydrogen (secondary N) is 1. The molecule has 2 N–H and O–H groups in total. The third-order valence-electron chi connectivity index (χ3n) is 4.68. The molecule has 4 aromatic rings. The van der Waals surface area contributed by atoms with E-state index in [1.807, 2.05) is 6.07 Å². The summed E-state index contributed by atoms with van der Waals surface area (Å²) < 4.78 is 6.68. The Morgan fingerprint density at radius 3 is 2.70 bits per heavy atom. The monoisotopic (exact) mass is 460 g/mol. The number of hydrogen-bond acceptors (Lipinski definition) is 7. The van der Waals surface area contributed by atoms with E-state index >= 15 is 0 Å². The van der Waals surface area contributed by atoms with Crippen LogP contribution in [0.3, 0.4) is 0 Å². The van der Waals surface area contributed by atoms with Crippen molar-refractivity contribution < 1.29 is 14.6 Å². The van der Waals surface area contributed by atoms with Crippen molar-refractivity contribution in [2.45, 2.75) is 5.16 Å². The van der Waals surface area contributed by atoms with Gasteiger partial charge < -0.3 is 9.84 Å². The van der Waals surface area contributed by atoms with Crippen molar-refractivity contribution in [1.29, 1.82) is 0 Å². The average Bonchev–Trinajstić information content (AvgIpc) is 2.83. The van der Waals surface area contributed by atoms with Crippen LogP contribution in [-0.4, -0.2) is 39.6 Å². The van der Waals surface area contributed by atoms with Crippen LogP contribution < -0.4 is 15.7 Å². The highest BCUT2D eigenvalue weighted by Gasteiger charge is 2.15. The topological polar surface area (TPSA) is 106 Å². The normalized spacial score (nSPS) is 11.1. The van der Waals surface area contributed by atoms with Crippen molar-refractivity contribution >= 4 is 34.8 Å². The number of rotatable bonds is 7. The first-order valence-corrected chi connectivity index (χ1v) is 10.9. The van der Waals surface area contributed by atoms with Gasteiger partial charge in [0.1, 0.15) is 11.5 Å². The molecule has 0 radical (unpaired) electrons. The van der Waals surface area contributed by atoms with Gasteiger partial charge in [-0.2, -0.15) is 5.10 Å². The highest BCUT2D eigenvalue weighted by Crippen LogP contribution is 2.22. The fourth-order valence-corrected chi connectivity index (χ4v) is 3.92. The van der Waals surface area contributed by atoms with Gasteiger partial charge in [0.25, 0.3) is 11.5 Å². The first kappa shape index (κ1) is 22.1. The second-order valence-electron chi connectivity index (χ2n) is 6.93. The van der Waals surface area contributed by atoms with Gasteiger partial charge in [0.05, 0.1) is 35.7 Å². The van der Waals surface area contributed by atoms with Gasteiger partial charge in [0, 0.05) is 0 Å². The Hall–Kier alpha value is -4.11. The minimum Gasteiger partial charge on any atom is -0.508 e. The van der Waals surface area contributed by atoms with Crippen LogP contribution in [0.15, 0.2) is 87.8 Å². The van der Waals surface area contributed by atoms with Crippen molar-refractivity contribution in [3.05, 3.63) is 88.7 Å². The number of nitrogens with zero attached hydrogens (tertiary/aromatic N) is 3. The maximum atomic E-state index is 13.2. The molecule has 1 aromatic heterocycles. The fourth-order valence-electron chi connectivity index (χ4n) is 3.11. The zero-order valence-corrected chi connectivity index (χ0v) is 18.5. The number of carbonyl (C=O) groups excluding carboxylic acids is 1. The molecule has 0 aliphatic carbocycles. The summed E-state index contributed by atoms with van der Waals surface area (Å²) in [5, 5.41) is 14.3. The van der Waals surface area contributed by atoms with Crippen LogP contribution in [0.4, 0.5) is 0 Å². The Labute approximate surface area is 193 Å². The zero-order chi connectivity index (χ0) is 23.2. The van der Waals surface area contributed by atoms with Crippen molar-refractivity contribution in [2.75, 3.05) is 12.9 Å². The summed E-state index contributed by atoms with van der Waals surface area (Å²) >= 11 is 1.13. The van der Waals surface area contributed by atoms with E-state index in [-0.39, 0.29) is 23.0 Å². The Bertz CT molecular complexity index is 1380. The Balaban J connectivity index is 1.57. The van der Waals surface area contributed by atoms with Crippen LogP contribution in [0.5, 0.6) is 11.5 Å². The van der Waals surface area contributed by atoms with Crippen molar-refractivity contribution in [3.8, 4) is 17.2 Å². The number of methoxy groups -OCH3 is 1. The lowest BCUT2D eigenvalue weighted by molar-refractivity contribution is -0.118. The van der Waals surface area contributed by atoms with Gasteiger partial charge in [-0.1, -0.05) is 36.0 Å². The van der Waals surface area contributed by atoms with E-state index in [4.69, 9.17) is 4.74 Å². The number of para-hydroxylation sites is 1. The highest BCUT2D eigenvalue weighted by atomic mass is 32.2. The molecule has 1 amide bonds. The SMILES string of the molecule is COc1ccc(-n2c(SCC(=O)N/N=C\c3cccc(O)c3)nc3ccccc3c2=O)cc1. The van der Waals surface area contributed by atoms with Crippen LogP contribution in [0, 0.1) is 0 Å². The standard InChI is InChI=1S/C24H20N4O4S/c1-32-19-11-9-17(10-12-19)28-23(31)20-7-2-3-8-21(20)26-24(28)33-15-22(30)27-25-14-16-5-4-6-18(29)13-16/h2-14,29H,15H2,1H3,(H,27,30)/b25-14-. The molecule has 0 fully saturated rings. The van der Waals surface area contributed by atoms with E-state index in [0.29, 0.717) is 33.1 Å². The number of aromatic nitrogens is 2. The lowest BCUT2D eigenvalue weighted by Gasteiger charge is -2.13. The van der Waals surface area contributed by atoms with Crippen molar-refractivity contribution in [2.24, 2.45) is 5.10 Å².